The summed E-state index contributed by atoms with van der Waals surface area (Å²) in [6, 6.07) is 8.66. The average molecular weight is 287 g/mol. The maximum absolute atomic E-state index is 12.2. The number of benzene rings is 2. The van der Waals surface area contributed by atoms with E-state index in [1.165, 1.54) is 24.3 Å². The minimum Gasteiger partial charge on any atom is -0.504 e. The quantitative estimate of drug-likeness (QED) is 0.435. The average Bonchev–Trinajstić information content (AvgIpc) is 2.40. The van der Waals surface area contributed by atoms with Crippen LogP contribution < -0.4 is 16.8 Å². The van der Waals surface area contributed by atoms with Gasteiger partial charge in [-0.1, -0.05) is 6.07 Å². The number of anilines is 2. The van der Waals surface area contributed by atoms with Crippen LogP contribution in [0.5, 0.6) is 11.5 Å². The lowest BCUT2D eigenvalue weighted by Crippen LogP contribution is -2.26. The Morgan fingerprint density at radius 3 is 2.24 bits per heavy atom. The van der Waals surface area contributed by atoms with E-state index in [1.807, 2.05) is 0 Å². The molecule has 2 rings (SSSR count). The van der Waals surface area contributed by atoms with Gasteiger partial charge in [-0.25, -0.2) is 0 Å². The molecule has 0 spiro atoms. The van der Waals surface area contributed by atoms with E-state index < -0.39 is 0 Å². The molecule has 0 heterocycles. The Labute approximate surface area is 122 Å². The molecule has 0 fully saturated rings. The molecule has 1 atom stereocenters. The topological polar surface area (TPSA) is 122 Å². The number of phenols is 2. The van der Waals surface area contributed by atoms with Gasteiger partial charge in [0.1, 0.15) is 0 Å². The second kappa shape index (κ2) is 5.62. The fourth-order valence-corrected chi connectivity index (χ4v) is 1.98. The third-order valence-corrected chi connectivity index (χ3v) is 3.09. The molecule has 2 aromatic carbocycles. The van der Waals surface area contributed by atoms with Crippen LogP contribution in [-0.4, -0.2) is 16.1 Å². The van der Waals surface area contributed by atoms with Gasteiger partial charge in [0.25, 0.3) is 5.91 Å². The van der Waals surface area contributed by atoms with Gasteiger partial charge in [0.05, 0.1) is 6.04 Å². The van der Waals surface area contributed by atoms with Crippen LogP contribution in [0.25, 0.3) is 0 Å². The van der Waals surface area contributed by atoms with Crippen LogP contribution in [0.3, 0.4) is 0 Å². The van der Waals surface area contributed by atoms with Crippen LogP contribution >= 0.6 is 0 Å². The zero-order valence-electron chi connectivity index (χ0n) is 11.5. The molecule has 0 saturated carbocycles. The summed E-state index contributed by atoms with van der Waals surface area (Å²) in [6.07, 6.45) is 0. The van der Waals surface area contributed by atoms with Gasteiger partial charge in [-0.2, -0.15) is 0 Å². The molecular weight excluding hydrogens is 270 g/mol. The van der Waals surface area contributed by atoms with Crippen LogP contribution in [0.4, 0.5) is 11.4 Å². The summed E-state index contributed by atoms with van der Waals surface area (Å²) in [4.78, 5) is 12.2. The lowest BCUT2D eigenvalue weighted by molar-refractivity contribution is 0.0940. The van der Waals surface area contributed by atoms with Crippen molar-refractivity contribution in [3.63, 3.8) is 0 Å². The number of phenolic OH excluding ortho intramolecular Hbond substituents is 2. The number of amides is 1. The van der Waals surface area contributed by atoms with Crippen molar-refractivity contribution >= 4 is 17.3 Å². The first-order valence-corrected chi connectivity index (χ1v) is 6.35. The number of rotatable bonds is 3. The Morgan fingerprint density at radius 2 is 1.67 bits per heavy atom. The fourth-order valence-electron chi connectivity index (χ4n) is 1.98. The summed E-state index contributed by atoms with van der Waals surface area (Å²) in [5.41, 5.74) is 13.2. The van der Waals surface area contributed by atoms with E-state index in [0.29, 0.717) is 22.5 Å². The lowest BCUT2D eigenvalue weighted by Gasteiger charge is -2.15. The van der Waals surface area contributed by atoms with Gasteiger partial charge in [0, 0.05) is 16.9 Å². The molecular formula is C15H17N3O3. The molecule has 0 aromatic heterocycles. The van der Waals surface area contributed by atoms with Crippen molar-refractivity contribution in [1.82, 2.24) is 5.32 Å². The first-order valence-electron chi connectivity index (χ1n) is 6.35. The Hall–Kier alpha value is -2.89. The van der Waals surface area contributed by atoms with Crippen LogP contribution in [0.1, 0.15) is 28.9 Å². The zero-order valence-corrected chi connectivity index (χ0v) is 11.5. The van der Waals surface area contributed by atoms with Crippen LogP contribution in [0.15, 0.2) is 36.4 Å². The van der Waals surface area contributed by atoms with Crippen molar-refractivity contribution in [2.45, 2.75) is 13.0 Å². The van der Waals surface area contributed by atoms with E-state index in [1.54, 1.807) is 19.1 Å². The molecule has 0 saturated heterocycles. The molecule has 0 aliphatic heterocycles. The van der Waals surface area contributed by atoms with Crippen LogP contribution in [0, 0.1) is 0 Å². The van der Waals surface area contributed by atoms with Gasteiger partial charge in [-0.05, 0) is 42.8 Å². The number of carbonyl (C=O) groups excluding carboxylic acids is 1. The highest BCUT2D eigenvalue weighted by atomic mass is 16.3. The van der Waals surface area contributed by atoms with Gasteiger partial charge in [-0.15, -0.1) is 0 Å². The Bertz CT molecular complexity index is 666. The monoisotopic (exact) mass is 287 g/mol. The second-order valence-corrected chi connectivity index (χ2v) is 4.83. The molecule has 110 valence electrons. The Balaban J connectivity index is 2.16. The predicted molar refractivity (Wildman–Crippen MR) is 80.9 cm³/mol. The number of aromatic hydroxyl groups is 2. The second-order valence-electron chi connectivity index (χ2n) is 4.83. The molecule has 1 unspecified atom stereocenters. The number of nitrogens with one attached hydrogen (secondary N) is 1. The van der Waals surface area contributed by atoms with Crippen LogP contribution in [-0.2, 0) is 0 Å². The summed E-state index contributed by atoms with van der Waals surface area (Å²) in [6.45, 7) is 1.76. The Morgan fingerprint density at radius 1 is 1.05 bits per heavy atom. The van der Waals surface area contributed by atoms with Crippen molar-refractivity contribution in [2.24, 2.45) is 0 Å². The van der Waals surface area contributed by atoms with Crippen LogP contribution in [0.2, 0.25) is 0 Å². The summed E-state index contributed by atoms with van der Waals surface area (Å²) < 4.78 is 0. The highest BCUT2D eigenvalue weighted by molar-refractivity contribution is 5.96. The van der Waals surface area contributed by atoms with Crippen molar-refractivity contribution in [1.29, 1.82) is 0 Å². The van der Waals surface area contributed by atoms with Crippen molar-refractivity contribution in [3.8, 4) is 11.5 Å². The molecule has 0 aliphatic carbocycles. The maximum atomic E-state index is 12.2. The molecule has 6 heteroatoms. The van der Waals surface area contributed by atoms with E-state index in [4.69, 9.17) is 11.5 Å². The smallest absolute Gasteiger partial charge is 0.251 e. The first kappa shape index (κ1) is 14.5. The largest absolute Gasteiger partial charge is 0.504 e. The van der Waals surface area contributed by atoms with E-state index in [9.17, 15) is 15.0 Å². The van der Waals surface area contributed by atoms with Gasteiger partial charge < -0.3 is 27.0 Å². The number of hydrogen-bond acceptors (Lipinski definition) is 5. The van der Waals surface area contributed by atoms with Crippen molar-refractivity contribution < 1.29 is 15.0 Å². The summed E-state index contributed by atoms with van der Waals surface area (Å²) in [5, 5.41) is 21.5. The number of carbonyl (C=O) groups is 1. The number of nitrogen functional groups attached to an aromatic ring is 2. The minimum atomic E-state index is -0.355. The predicted octanol–water partition coefficient (Wildman–Crippen LogP) is 1.75. The van der Waals surface area contributed by atoms with E-state index >= 15 is 0 Å². The van der Waals surface area contributed by atoms with Gasteiger partial charge in [0.2, 0.25) is 0 Å². The fraction of sp³-hybridized carbons (Fsp3) is 0.133. The first-order chi connectivity index (χ1) is 9.86. The lowest BCUT2D eigenvalue weighted by atomic mass is 10.1. The molecule has 0 bridgehead atoms. The van der Waals surface area contributed by atoms with Gasteiger partial charge in [0.15, 0.2) is 11.5 Å². The highest BCUT2D eigenvalue weighted by Gasteiger charge is 2.13. The third kappa shape index (κ3) is 3.36. The van der Waals surface area contributed by atoms with E-state index in [-0.39, 0.29) is 23.4 Å². The van der Waals surface area contributed by atoms with Gasteiger partial charge >= 0.3 is 0 Å². The zero-order chi connectivity index (χ0) is 15.6. The molecule has 6 nitrogen and oxygen atoms in total. The maximum Gasteiger partial charge on any atom is 0.251 e. The van der Waals surface area contributed by atoms with E-state index in [2.05, 4.69) is 5.32 Å². The Kier molecular flexibility index (Phi) is 3.89. The highest BCUT2D eigenvalue weighted by Crippen LogP contribution is 2.27. The molecule has 0 radical (unpaired) electrons. The summed E-state index contributed by atoms with van der Waals surface area (Å²) >= 11 is 0. The standard InChI is InChI=1S/C15H17N3O3/c1-8(9-2-3-13(19)14(20)6-9)18-15(21)10-4-11(16)7-12(17)5-10/h2-8,19-20H,16-17H2,1H3,(H,18,21). The number of nitrogens with two attached hydrogens (primary N) is 2. The van der Waals surface area contributed by atoms with Gasteiger partial charge in [-0.3, -0.25) is 4.79 Å². The summed E-state index contributed by atoms with van der Waals surface area (Å²) in [7, 11) is 0. The third-order valence-electron chi connectivity index (χ3n) is 3.09. The van der Waals surface area contributed by atoms with Crippen molar-refractivity contribution in [2.75, 3.05) is 11.5 Å². The SMILES string of the molecule is CC(NC(=O)c1cc(N)cc(N)c1)c1ccc(O)c(O)c1. The number of hydrogen-bond donors (Lipinski definition) is 5. The normalized spacial score (nSPS) is 11.9. The summed E-state index contributed by atoms with van der Waals surface area (Å²) in [5.74, 6) is -0.767. The molecule has 2 aromatic rings. The van der Waals surface area contributed by atoms with Crippen molar-refractivity contribution in [3.05, 3.63) is 47.5 Å². The molecule has 7 N–H and O–H groups in total. The minimum absolute atomic E-state index is 0.208. The molecule has 21 heavy (non-hydrogen) atoms. The molecule has 1 amide bonds. The molecule has 0 aliphatic rings. The van der Waals surface area contributed by atoms with E-state index in [0.717, 1.165) is 0 Å².